The van der Waals surface area contributed by atoms with Crippen molar-refractivity contribution in [3.63, 3.8) is 0 Å². The first-order valence-electron chi connectivity index (χ1n) is 8.53. The largest absolute Gasteiger partial charge is 0.375 e. The highest BCUT2D eigenvalue weighted by atomic mass is 16.5. The van der Waals surface area contributed by atoms with Gasteiger partial charge in [-0.3, -0.25) is 0 Å². The molecule has 0 aromatic rings. The predicted octanol–water partition coefficient (Wildman–Crippen LogP) is 4.27. The summed E-state index contributed by atoms with van der Waals surface area (Å²) in [6.45, 7) is 5.37. The number of unbranched alkanes of at least 4 members (excludes halogenated alkanes) is 1. The van der Waals surface area contributed by atoms with Gasteiger partial charge in [0.1, 0.15) is 0 Å². The van der Waals surface area contributed by atoms with Crippen LogP contribution in [0.25, 0.3) is 0 Å². The zero-order valence-corrected chi connectivity index (χ0v) is 13.0. The molecule has 2 nitrogen and oxygen atoms in total. The minimum absolute atomic E-state index is 0.400. The van der Waals surface area contributed by atoms with Crippen LogP contribution in [0.15, 0.2) is 0 Å². The second-order valence-electron chi connectivity index (χ2n) is 7.14. The lowest BCUT2D eigenvalue weighted by Gasteiger charge is -2.41. The molecule has 0 radical (unpaired) electrons. The molecule has 1 saturated heterocycles. The van der Waals surface area contributed by atoms with E-state index in [9.17, 15) is 0 Å². The van der Waals surface area contributed by atoms with Gasteiger partial charge in [-0.15, -0.1) is 0 Å². The topological polar surface area (TPSA) is 35.2 Å². The smallest absolute Gasteiger partial charge is 0.0585 e. The molecule has 0 aromatic carbocycles. The Morgan fingerprint density at radius 3 is 2.42 bits per heavy atom. The molecule has 2 rings (SSSR count). The molecule has 2 unspecified atom stereocenters. The SMILES string of the molecule is CCCCC1CCC(CN)(CC2CCC(C)O2)CC1. The van der Waals surface area contributed by atoms with Gasteiger partial charge in [0.2, 0.25) is 0 Å². The van der Waals surface area contributed by atoms with Gasteiger partial charge in [-0.25, -0.2) is 0 Å². The van der Waals surface area contributed by atoms with E-state index in [-0.39, 0.29) is 0 Å². The Labute approximate surface area is 119 Å². The van der Waals surface area contributed by atoms with Crippen molar-refractivity contribution in [3.8, 4) is 0 Å². The lowest BCUT2D eigenvalue weighted by Crippen LogP contribution is -2.38. The highest BCUT2D eigenvalue weighted by Crippen LogP contribution is 2.44. The first-order valence-corrected chi connectivity index (χ1v) is 8.53. The molecule has 112 valence electrons. The maximum absolute atomic E-state index is 6.14. The summed E-state index contributed by atoms with van der Waals surface area (Å²) >= 11 is 0. The van der Waals surface area contributed by atoms with Crippen molar-refractivity contribution in [1.82, 2.24) is 0 Å². The van der Waals surface area contributed by atoms with Crippen LogP contribution >= 0.6 is 0 Å². The molecule has 2 N–H and O–H groups in total. The first kappa shape index (κ1) is 15.3. The van der Waals surface area contributed by atoms with Crippen LogP contribution in [0.5, 0.6) is 0 Å². The van der Waals surface area contributed by atoms with E-state index in [1.165, 1.54) is 64.2 Å². The van der Waals surface area contributed by atoms with Crippen LogP contribution in [0.3, 0.4) is 0 Å². The monoisotopic (exact) mass is 267 g/mol. The summed E-state index contributed by atoms with van der Waals surface area (Å²) in [5.41, 5.74) is 6.54. The van der Waals surface area contributed by atoms with Crippen LogP contribution in [0.1, 0.15) is 78.1 Å². The Morgan fingerprint density at radius 2 is 1.89 bits per heavy atom. The van der Waals surface area contributed by atoms with Gasteiger partial charge in [-0.1, -0.05) is 26.2 Å². The van der Waals surface area contributed by atoms with Gasteiger partial charge in [0.15, 0.2) is 0 Å². The van der Waals surface area contributed by atoms with Gasteiger partial charge in [0.25, 0.3) is 0 Å². The number of rotatable bonds is 6. The zero-order valence-electron chi connectivity index (χ0n) is 13.0. The third-order valence-corrected chi connectivity index (χ3v) is 5.55. The average Bonchev–Trinajstić information content (AvgIpc) is 2.83. The van der Waals surface area contributed by atoms with Crippen molar-refractivity contribution in [2.75, 3.05) is 6.54 Å². The van der Waals surface area contributed by atoms with E-state index >= 15 is 0 Å². The second-order valence-corrected chi connectivity index (χ2v) is 7.14. The number of ether oxygens (including phenoxy) is 1. The van der Waals surface area contributed by atoms with E-state index in [0.717, 1.165) is 12.5 Å². The minimum atomic E-state index is 0.400. The average molecular weight is 267 g/mol. The molecular weight excluding hydrogens is 234 g/mol. The van der Waals surface area contributed by atoms with E-state index in [2.05, 4.69) is 13.8 Å². The standard InChI is InChI=1S/C17H33NO/c1-3-4-5-15-8-10-17(13-18,11-9-15)12-16-7-6-14(2)19-16/h14-16H,3-13,18H2,1-2H3. The fraction of sp³-hybridized carbons (Fsp3) is 1.00. The summed E-state index contributed by atoms with van der Waals surface area (Å²) in [5, 5.41) is 0. The first-order chi connectivity index (χ1) is 9.17. The van der Waals surface area contributed by atoms with Gasteiger partial charge in [-0.05, 0) is 69.7 Å². The molecule has 1 heterocycles. The van der Waals surface area contributed by atoms with Crippen molar-refractivity contribution >= 4 is 0 Å². The van der Waals surface area contributed by atoms with Crippen molar-refractivity contribution in [1.29, 1.82) is 0 Å². The molecule has 2 heteroatoms. The molecule has 1 aliphatic carbocycles. The number of hydrogen-bond donors (Lipinski definition) is 1. The van der Waals surface area contributed by atoms with Gasteiger partial charge < -0.3 is 10.5 Å². The highest BCUT2D eigenvalue weighted by Gasteiger charge is 2.37. The minimum Gasteiger partial charge on any atom is -0.375 e. The van der Waals surface area contributed by atoms with Crippen molar-refractivity contribution in [3.05, 3.63) is 0 Å². The highest BCUT2D eigenvalue weighted by molar-refractivity contribution is 4.90. The van der Waals surface area contributed by atoms with E-state index in [1.807, 2.05) is 0 Å². The van der Waals surface area contributed by atoms with Crippen LogP contribution < -0.4 is 5.73 Å². The Bertz CT molecular complexity index is 258. The van der Waals surface area contributed by atoms with Crippen LogP contribution in [0.4, 0.5) is 0 Å². The molecular formula is C17H33NO. The van der Waals surface area contributed by atoms with E-state index in [1.54, 1.807) is 0 Å². The van der Waals surface area contributed by atoms with E-state index < -0.39 is 0 Å². The summed E-state index contributed by atoms with van der Waals surface area (Å²) in [5.74, 6) is 0.975. The molecule has 2 aliphatic rings. The van der Waals surface area contributed by atoms with Crippen molar-refractivity contribution in [2.45, 2.75) is 90.3 Å². The molecule has 0 bridgehead atoms. The summed E-state index contributed by atoms with van der Waals surface area (Å²) in [6.07, 6.45) is 14.3. The third-order valence-electron chi connectivity index (χ3n) is 5.55. The van der Waals surface area contributed by atoms with Crippen molar-refractivity contribution in [2.24, 2.45) is 17.1 Å². The molecule has 0 amide bonds. The summed E-state index contributed by atoms with van der Waals surface area (Å²) in [6, 6.07) is 0. The van der Waals surface area contributed by atoms with Gasteiger partial charge in [0.05, 0.1) is 12.2 Å². The van der Waals surface area contributed by atoms with Crippen LogP contribution in [-0.2, 0) is 4.74 Å². The fourth-order valence-corrected chi connectivity index (χ4v) is 4.08. The zero-order chi connectivity index (χ0) is 13.7. The second kappa shape index (κ2) is 7.08. The number of hydrogen-bond acceptors (Lipinski definition) is 2. The summed E-state index contributed by atoms with van der Waals surface area (Å²) < 4.78 is 6.03. The Morgan fingerprint density at radius 1 is 1.16 bits per heavy atom. The Kier molecular flexibility index (Phi) is 5.70. The molecule has 2 atom stereocenters. The molecule has 19 heavy (non-hydrogen) atoms. The Hall–Kier alpha value is -0.0800. The summed E-state index contributed by atoms with van der Waals surface area (Å²) in [4.78, 5) is 0. The lowest BCUT2D eigenvalue weighted by molar-refractivity contribution is 0.00789. The quantitative estimate of drug-likeness (QED) is 0.780. The maximum Gasteiger partial charge on any atom is 0.0585 e. The molecule has 0 spiro atoms. The number of nitrogens with two attached hydrogens (primary N) is 1. The molecule has 0 aromatic heterocycles. The van der Waals surface area contributed by atoms with Gasteiger partial charge in [-0.2, -0.15) is 0 Å². The van der Waals surface area contributed by atoms with Crippen LogP contribution in [-0.4, -0.2) is 18.8 Å². The maximum atomic E-state index is 6.14. The molecule has 1 aliphatic heterocycles. The van der Waals surface area contributed by atoms with Crippen molar-refractivity contribution < 1.29 is 4.74 Å². The molecule has 2 fully saturated rings. The van der Waals surface area contributed by atoms with E-state index in [4.69, 9.17) is 10.5 Å². The fourth-order valence-electron chi connectivity index (χ4n) is 4.08. The lowest BCUT2D eigenvalue weighted by atomic mass is 9.66. The Balaban J connectivity index is 1.80. The molecule has 1 saturated carbocycles. The van der Waals surface area contributed by atoms with Gasteiger partial charge >= 0.3 is 0 Å². The van der Waals surface area contributed by atoms with Gasteiger partial charge in [0, 0.05) is 0 Å². The van der Waals surface area contributed by atoms with Crippen LogP contribution in [0, 0.1) is 11.3 Å². The van der Waals surface area contributed by atoms with Crippen LogP contribution in [0.2, 0.25) is 0 Å². The normalized spacial score (nSPS) is 39.6. The third kappa shape index (κ3) is 4.19. The summed E-state index contributed by atoms with van der Waals surface area (Å²) in [7, 11) is 0. The predicted molar refractivity (Wildman–Crippen MR) is 81.2 cm³/mol. The van der Waals surface area contributed by atoms with E-state index in [0.29, 0.717) is 17.6 Å².